The zero-order valence-electron chi connectivity index (χ0n) is 11.6. The number of benzene rings is 1. The number of hydrogen-bond donors (Lipinski definition) is 1. The van der Waals surface area contributed by atoms with E-state index in [0.717, 1.165) is 6.42 Å². The number of esters is 1. The van der Waals surface area contributed by atoms with Crippen LogP contribution >= 0.6 is 11.6 Å². The SMILES string of the molecule is CC(C)CCOC(=O)[C@@H](O)[C@](C)(Cl)c1ccccc1. The first-order chi connectivity index (χ1) is 8.85. The summed E-state index contributed by atoms with van der Waals surface area (Å²) in [5.74, 6) is -0.233. The van der Waals surface area contributed by atoms with Crippen molar-refractivity contribution in [2.24, 2.45) is 5.92 Å². The highest BCUT2D eigenvalue weighted by molar-refractivity contribution is 6.25. The fourth-order valence-electron chi connectivity index (χ4n) is 1.62. The summed E-state index contributed by atoms with van der Waals surface area (Å²) in [4.78, 5) is 10.6. The number of halogens is 1. The maximum Gasteiger partial charge on any atom is 0.337 e. The van der Waals surface area contributed by atoms with Crippen molar-refractivity contribution in [1.82, 2.24) is 0 Å². The minimum atomic E-state index is -1.39. The summed E-state index contributed by atoms with van der Waals surface area (Å²) in [6.45, 7) is 5.99. The Hall–Kier alpha value is -1.06. The largest absolute Gasteiger partial charge is 0.464 e. The van der Waals surface area contributed by atoms with Crippen LogP contribution in [0.4, 0.5) is 0 Å². The van der Waals surface area contributed by atoms with Crippen LogP contribution in [0.25, 0.3) is 0 Å². The lowest BCUT2D eigenvalue weighted by Gasteiger charge is -2.27. The number of ether oxygens (including phenoxy) is 1. The van der Waals surface area contributed by atoms with Gasteiger partial charge in [-0.2, -0.15) is 0 Å². The lowest BCUT2D eigenvalue weighted by Crippen LogP contribution is -2.39. The second-order valence-electron chi connectivity index (χ2n) is 5.19. The van der Waals surface area contributed by atoms with E-state index in [1.807, 2.05) is 32.0 Å². The van der Waals surface area contributed by atoms with Gasteiger partial charge in [0.2, 0.25) is 0 Å². The first-order valence-electron chi connectivity index (χ1n) is 6.45. The van der Waals surface area contributed by atoms with Crippen LogP contribution < -0.4 is 0 Å². The van der Waals surface area contributed by atoms with Gasteiger partial charge in [-0.05, 0) is 24.8 Å². The number of rotatable bonds is 6. The second kappa shape index (κ2) is 6.92. The minimum Gasteiger partial charge on any atom is -0.464 e. The van der Waals surface area contributed by atoms with Crippen LogP contribution in [0.3, 0.4) is 0 Å². The molecular weight excluding hydrogens is 264 g/mol. The summed E-state index contributed by atoms with van der Waals surface area (Å²) in [7, 11) is 0. The van der Waals surface area contributed by atoms with Crippen molar-refractivity contribution in [1.29, 1.82) is 0 Å². The number of alkyl halides is 1. The predicted octanol–water partition coefficient (Wildman–Crippen LogP) is 3.09. The highest BCUT2D eigenvalue weighted by Gasteiger charge is 2.38. The Kier molecular flexibility index (Phi) is 5.83. The van der Waals surface area contributed by atoms with Gasteiger partial charge in [0.05, 0.1) is 6.61 Å². The Morgan fingerprint density at radius 3 is 2.47 bits per heavy atom. The first kappa shape index (κ1) is 16.0. The van der Waals surface area contributed by atoms with E-state index >= 15 is 0 Å². The van der Waals surface area contributed by atoms with Crippen LogP contribution in [0, 0.1) is 5.92 Å². The van der Waals surface area contributed by atoms with Crippen molar-refractivity contribution in [3.05, 3.63) is 35.9 Å². The van der Waals surface area contributed by atoms with Crippen LogP contribution in [0.15, 0.2) is 30.3 Å². The molecule has 3 nitrogen and oxygen atoms in total. The van der Waals surface area contributed by atoms with Crippen molar-refractivity contribution in [2.75, 3.05) is 6.61 Å². The van der Waals surface area contributed by atoms with Crippen molar-refractivity contribution >= 4 is 17.6 Å². The number of carbonyl (C=O) groups excluding carboxylic acids is 1. The molecule has 0 unspecified atom stereocenters. The molecule has 1 N–H and O–H groups in total. The van der Waals surface area contributed by atoms with E-state index in [0.29, 0.717) is 18.1 Å². The normalized spacial score (nSPS) is 15.9. The Morgan fingerprint density at radius 2 is 1.95 bits per heavy atom. The maximum absolute atomic E-state index is 11.8. The van der Waals surface area contributed by atoms with Gasteiger partial charge in [0.25, 0.3) is 0 Å². The second-order valence-corrected chi connectivity index (χ2v) is 5.98. The van der Waals surface area contributed by atoms with Crippen molar-refractivity contribution in [2.45, 2.75) is 38.2 Å². The minimum absolute atomic E-state index is 0.301. The molecule has 0 aliphatic carbocycles. The Balaban J connectivity index is 2.65. The Morgan fingerprint density at radius 1 is 1.37 bits per heavy atom. The molecule has 0 fully saturated rings. The van der Waals surface area contributed by atoms with E-state index in [2.05, 4.69) is 0 Å². The highest BCUT2D eigenvalue weighted by Crippen LogP contribution is 2.32. The lowest BCUT2D eigenvalue weighted by molar-refractivity contribution is -0.155. The molecular formula is C15H21ClO3. The number of aliphatic hydroxyl groups excluding tert-OH is 1. The zero-order valence-corrected chi connectivity index (χ0v) is 12.4. The van der Waals surface area contributed by atoms with Gasteiger partial charge in [-0.1, -0.05) is 44.2 Å². The number of aliphatic hydroxyl groups is 1. The molecule has 19 heavy (non-hydrogen) atoms. The third-order valence-corrected chi connectivity index (χ3v) is 3.44. The quantitative estimate of drug-likeness (QED) is 0.645. The average Bonchev–Trinajstić information content (AvgIpc) is 2.38. The maximum atomic E-state index is 11.8. The van der Waals surface area contributed by atoms with E-state index in [-0.39, 0.29) is 0 Å². The molecule has 0 saturated carbocycles. The summed E-state index contributed by atoms with van der Waals surface area (Å²) in [5, 5.41) is 10.1. The summed E-state index contributed by atoms with van der Waals surface area (Å²) in [6.07, 6.45) is -0.619. The van der Waals surface area contributed by atoms with Gasteiger partial charge in [0, 0.05) is 0 Å². The molecule has 1 aromatic rings. The average molecular weight is 285 g/mol. The Labute approximate surface area is 119 Å². The van der Waals surface area contributed by atoms with Gasteiger partial charge in [0.1, 0.15) is 4.87 Å². The third kappa shape index (κ3) is 4.51. The molecule has 2 atom stereocenters. The van der Waals surface area contributed by atoms with Gasteiger partial charge in [-0.3, -0.25) is 0 Å². The summed E-state index contributed by atoms with van der Waals surface area (Å²) < 4.78 is 5.05. The van der Waals surface area contributed by atoms with Crippen LogP contribution in [0.2, 0.25) is 0 Å². The number of carbonyl (C=O) groups is 1. The smallest absolute Gasteiger partial charge is 0.337 e. The van der Waals surface area contributed by atoms with Gasteiger partial charge in [0.15, 0.2) is 6.10 Å². The highest BCUT2D eigenvalue weighted by atomic mass is 35.5. The molecule has 1 rings (SSSR count). The monoisotopic (exact) mass is 284 g/mol. The van der Waals surface area contributed by atoms with Crippen molar-refractivity contribution in [3.63, 3.8) is 0 Å². The molecule has 1 aromatic carbocycles. The fourth-order valence-corrected chi connectivity index (χ4v) is 1.83. The zero-order chi connectivity index (χ0) is 14.5. The molecule has 0 aliphatic rings. The molecule has 106 valence electrons. The molecule has 4 heteroatoms. The molecule has 0 aliphatic heterocycles. The fraction of sp³-hybridized carbons (Fsp3) is 0.533. The summed E-state index contributed by atoms with van der Waals surface area (Å²) in [6, 6.07) is 9.03. The van der Waals surface area contributed by atoms with Gasteiger partial charge >= 0.3 is 5.97 Å². The van der Waals surface area contributed by atoms with Crippen molar-refractivity contribution < 1.29 is 14.6 Å². The summed E-state index contributed by atoms with van der Waals surface area (Å²) >= 11 is 6.30. The summed E-state index contributed by atoms with van der Waals surface area (Å²) in [5.41, 5.74) is 0.685. The van der Waals surface area contributed by atoms with Crippen LogP contribution in [0.5, 0.6) is 0 Å². The standard InChI is InChI=1S/C15H21ClO3/c1-11(2)9-10-19-14(18)13(17)15(3,16)12-7-5-4-6-8-12/h4-8,11,13,17H,9-10H2,1-3H3/t13-,15-/m1/s1. The van der Waals surface area contributed by atoms with Crippen LogP contribution in [0.1, 0.15) is 32.8 Å². The third-order valence-electron chi connectivity index (χ3n) is 3.01. The van der Waals surface area contributed by atoms with E-state index in [9.17, 15) is 9.90 Å². The number of hydrogen-bond acceptors (Lipinski definition) is 3. The molecule has 0 heterocycles. The predicted molar refractivity (Wildman–Crippen MR) is 76.1 cm³/mol. The van der Waals surface area contributed by atoms with E-state index in [1.165, 1.54) is 0 Å². The van der Waals surface area contributed by atoms with Crippen LogP contribution in [-0.4, -0.2) is 23.8 Å². The van der Waals surface area contributed by atoms with Gasteiger partial charge in [-0.15, -0.1) is 11.6 Å². The topological polar surface area (TPSA) is 46.5 Å². The Bertz CT molecular complexity index is 401. The molecule has 0 bridgehead atoms. The van der Waals surface area contributed by atoms with Gasteiger partial charge in [-0.25, -0.2) is 4.79 Å². The van der Waals surface area contributed by atoms with Crippen LogP contribution in [-0.2, 0) is 14.4 Å². The lowest BCUT2D eigenvalue weighted by atomic mass is 9.94. The molecule has 0 spiro atoms. The molecule has 0 aromatic heterocycles. The molecule has 0 saturated heterocycles. The van der Waals surface area contributed by atoms with E-state index in [4.69, 9.17) is 16.3 Å². The molecule has 0 amide bonds. The van der Waals surface area contributed by atoms with Crippen molar-refractivity contribution in [3.8, 4) is 0 Å². The van der Waals surface area contributed by atoms with Gasteiger partial charge < -0.3 is 9.84 Å². The molecule has 0 radical (unpaired) electrons. The van der Waals surface area contributed by atoms with E-state index in [1.54, 1.807) is 19.1 Å². The first-order valence-corrected chi connectivity index (χ1v) is 6.82. The van der Waals surface area contributed by atoms with E-state index < -0.39 is 16.9 Å².